The Kier molecular flexibility index (Phi) is 11.2. The molecule has 3 heterocycles. The highest BCUT2D eigenvalue weighted by Gasteiger charge is 2.59. The van der Waals surface area contributed by atoms with Gasteiger partial charge in [0.15, 0.2) is 0 Å². The summed E-state index contributed by atoms with van der Waals surface area (Å²) in [5, 5.41) is 22.5. The molecule has 3 aromatic rings. The molecule has 274 valence electrons. The lowest BCUT2D eigenvalue weighted by atomic mass is 9.58. The van der Waals surface area contributed by atoms with Crippen LogP contribution in [-0.4, -0.2) is 68.2 Å². The molecule has 2 fully saturated rings. The smallest absolute Gasteiger partial charge is 0.455 e. The number of methoxy groups -OCH3 is 1. The number of amides is 3. The van der Waals surface area contributed by atoms with Crippen LogP contribution in [-0.2, 0) is 30.0 Å². The average molecular weight is 726 g/mol. The molecule has 6 rings (SSSR count). The van der Waals surface area contributed by atoms with E-state index in [9.17, 15) is 24.5 Å². The van der Waals surface area contributed by atoms with Gasteiger partial charge >= 0.3 is 13.2 Å². The molecule has 2 aromatic carbocycles. The van der Waals surface area contributed by atoms with Gasteiger partial charge in [0.05, 0.1) is 31.7 Å². The Hall–Kier alpha value is -4.07. The summed E-state index contributed by atoms with van der Waals surface area (Å²) in [6.45, 7) is 8.66. The number of carbonyl (C=O) groups excluding carboxylic acids is 3. The van der Waals surface area contributed by atoms with Crippen LogP contribution in [0.2, 0.25) is 11.4 Å². The number of ether oxygens (including phenoxy) is 1. The van der Waals surface area contributed by atoms with Crippen molar-refractivity contribution in [3.63, 3.8) is 0 Å². The summed E-state index contributed by atoms with van der Waals surface area (Å²) in [5.41, 5.74) is 2.82. The summed E-state index contributed by atoms with van der Waals surface area (Å²) >= 11 is 0. The van der Waals surface area contributed by atoms with Gasteiger partial charge in [-0.2, -0.15) is 4.90 Å². The zero-order chi connectivity index (χ0) is 37.2. The normalized spacial score (nSPS) is 22.5. The SMILES string of the molecule is CC/C(=C\c1ccc(CO)o1)CC[C@H]1OB(O)C[C@H]2C1=C(CO[Si](c1ccccc1)(c1ccccc1)C(C)(C)C)C[C@H]1C(=O)N(C(=O)OC)C(=O)[C@H]12. The number of hydrogen-bond donors (Lipinski definition) is 2. The number of aliphatic hydroxyl groups excluding tert-OH is 1. The lowest BCUT2D eigenvalue weighted by Gasteiger charge is -2.46. The summed E-state index contributed by atoms with van der Waals surface area (Å²) in [6, 6.07) is 24.2. The molecule has 1 aliphatic carbocycles. The molecule has 52 heavy (non-hydrogen) atoms. The van der Waals surface area contributed by atoms with Crippen molar-refractivity contribution in [2.45, 2.75) is 77.4 Å². The van der Waals surface area contributed by atoms with Crippen LogP contribution in [0.4, 0.5) is 4.79 Å². The Morgan fingerprint density at radius 3 is 2.21 bits per heavy atom. The van der Waals surface area contributed by atoms with Crippen LogP contribution >= 0.6 is 0 Å². The van der Waals surface area contributed by atoms with Gasteiger partial charge in [-0.1, -0.05) is 93.9 Å². The van der Waals surface area contributed by atoms with Crippen LogP contribution in [0.1, 0.15) is 64.9 Å². The molecule has 2 saturated heterocycles. The Labute approximate surface area is 306 Å². The lowest BCUT2D eigenvalue weighted by molar-refractivity contribution is -0.137. The number of likely N-dealkylation sites (tertiary alicyclic amines) is 1. The van der Waals surface area contributed by atoms with Crippen LogP contribution < -0.4 is 10.4 Å². The number of benzene rings is 2. The van der Waals surface area contributed by atoms with Crippen molar-refractivity contribution < 1.29 is 42.7 Å². The maximum Gasteiger partial charge on any atom is 0.455 e. The van der Waals surface area contributed by atoms with Crippen molar-refractivity contribution in [1.82, 2.24) is 4.90 Å². The van der Waals surface area contributed by atoms with Gasteiger partial charge in [0.1, 0.15) is 18.1 Å². The van der Waals surface area contributed by atoms with Crippen LogP contribution in [0.5, 0.6) is 0 Å². The highest BCUT2D eigenvalue weighted by molar-refractivity contribution is 6.99. The predicted molar refractivity (Wildman–Crippen MR) is 200 cm³/mol. The van der Waals surface area contributed by atoms with E-state index in [0.717, 1.165) is 40.6 Å². The van der Waals surface area contributed by atoms with E-state index in [0.29, 0.717) is 29.3 Å². The first-order chi connectivity index (χ1) is 24.9. The van der Waals surface area contributed by atoms with E-state index in [1.54, 1.807) is 6.07 Å². The highest BCUT2D eigenvalue weighted by atomic mass is 28.4. The lowest BCUT2D eigenvalue weighted by Crippen LogP contribution is -2.66. The fourth-order valence-corrected chi connectivity index (χ4v) is 13.1. The van der Waals surface area contributed by atoms with E-state index in [1.807, 2.05) is 48.5 Å². The van der Waals surface area contributed by atoms with Gasteiger partial charge < -0.3 is 28.4 Å². The monoisotopic (exact) mass is 725 g/mol. The molecule has 3 aliphatic rings. The Morgan fingerprint density at radius 2 is 1.65 bits per heavy atom. The molecule has 3 amide bonds. The van der Waals surface area contributed by atoms with Crippen LogP contribution in [0.15, 0.2) is 93.9 Å². The second-order valence-corrected chi connectivity index (χ2v) is 19.2. The number of rotatable bonds is 11. The van der Waals surface area contributed by atoms with E-state index in [2.05, 4.69) is 52.0 Å². The zero-order valence-corrected chi connectivity index (χ0v) is 31.5. The molecule has 1 aromatic heterocycles. The third-order valence-electron chi connectivity index (χ3n) is 10.9. The maximum absolute atomic E-state index is 13.9. The molecule has 0 radical (unpaired) electrons. The highest BCUT2D eigenvalue weighted by Crippen LogP contribution is 2.51. The molecular weight excluding hydrogens is 677 g/mol. The first kappa shape index (κ1) is 37.7. The van der Waals surface area contributed by atoms with Crippen molar-refractivity contribution in [1.29, 1.82) is 0 Å². The molecular formula is C40H48BNO9Si. The van der Waals surface area contributed by atoms with Crippen molar-refractivity contribution in [2.75, 3.05) is 13.7 Å². The van der Waals surface area contributed by atoms with E-state index >= 15 is 0 Å². The average Bonchev–Trinajstić information content (AvgIpc) is 3.70. The molecule has 12 heteroatoms. The van der Waals surface area contributed by atoms with Crippen LogP contribution in [0.3, 0.4) is 0 Å². The third-order valence-corrected chi connectivity index (χ3v) is 15.9. The molecule has 2 N–H and O–H groups in total. The zero-order valence-electron chi connectivity index (χ0n) is 30.5. The van der Waals surface area contributed by atoms with Crippen LogP contribution in [0, 0.1) is 17.8 Å². The summed E-state index contributed by atoms with van der Waals surface area (Å²) in [7, 11) is -3.03. The number of nitrogens with zero attached hydrogens (tertiary/aromatic N) is 1. The van der Waals surface area contributed by atoms with Gasteiger partial charge in [-0.3, -0.25) is 9.59 Å². The molecule has 0 saturated carbocycles. The van der Waals surface area contributed by atoms with Gasteiger partial charge in [-0.05, 0) is 82.7 Å². The number of hydrogen-bond acceptors (Lipinski definition) is 9. The van der Waals surface area contributed by atoms with Crippen molar-refractivity contribution >= 4 is 49.8 Å². The fraction of sp³-hybridized carbons (Fsp3) is 0.425. The number of carbonyl (C=O) groups is 3. The van der Waals surface area contributed by atoms with Crippen LogP contribution in [0.25, 0.3) is 6.08 Å². The molecule has 2 aliphatic heterocycles. The van der Waals surface area contributed by atoms with Gasteiger partial charge in [-0.25, -0.2) is 4.79 Å². The Balaban J connectivity index is 1.43. The topological polar surface area (TPSA) is 136 Å². The number of imide groups is 3. The maximum atomic E-state index is 13.9. The second kappa shape index (κ2) is 15.5. The van der Waals surface area contributed by atoms with Crippen molar-refractivity contribution in [3.05, 3.63) is 101 Å². The number of fused-ring (bicyclic) bond motifs is 3. The molecule has 10 nitrogen and oxygen atoms in total. The Morgan fingerprint density at radius 1 is 1.00 bits per heavy atom. The molecule has 4 atom stereocenters. The van der Waals surface area contributed by atoms with E-state index in [4.69, 9.17) is 18.2 Å². The predicted octanol–water partition coefficient (Wildman–Crippen LogP) is 5.49. The molecule has 0 spiro atoms. The standard InChI is InChI=1S/C40H48BNO9Si/c1-6-26(21-28-18-19-29(24-43)50-28)17-20-34-35-27(22-32-36(33(35)23-41(47)51-34)38(45)42(37(32)44)39(46)48-5)25-49-52(40(2,3)4,30-13-9-7-10-14-30)31-15-11-8-12-16-31/h7-16,18-19,21,32-34,36,43,47H,6,17,20,22-25H2,1-5H3/b26-21+/t32-,33+,34-,36-/m1/s1. The van der Waals surface area contributed by atoms with Gasteiger partial charge in [-0.15, -0.1) is 0 Å². The van der Waals surface area contributed by atoms with Gasteiger partial charge in [0.2, 0.25) is 11.8 Å². The van der Waals surface area contributed by atoms with Crippen molar-refractivity contribution in [3.8, 4) is 0 Å². The minimum Gasteiger partial charge on any atom is -0.459 e. The van der Waals surface area contributed by atoms with E-state index < -0.39 is 57.2 Å². The summed E-state index contributed by atoms with van der Waals surface area (Å²) in [4.78, 5) is 41.1. The van der Waals surface area contributed by atoms with Gasteiger partial charge in [0, 0.05) is 0 Å². The quantitative estimate of drug-likeness (QED) is 0.150. The van der Waals surface area contributed by atoms with Crippen molar-refractivity contribution in [2.24, 2.45) is 17.8 Å². The second-order valence-electron chi connectivity index (χ2n) is 14.9. The Bertz CT molecular complexity index is 1790. The minimum atomic E-state index is -3.01. The largest absolute Gasteiger partial charge is 0.459 e. The summed E-state index contributed by atoms with van der Waals surface area (Å²) in [6.07, 6.45) is 2.56. The third kappa shape index (κ3) is 7.02. The van der Waals surface area contributed by atoms with E-state index in [-0.39, 0.29) is 31.0 Å². The minimum absolute atomic E-state index is 0.108. The van der Waals surface area contributed by atoms with Gasteiger partial charge in [0.25, 0.3) is 8.32 Å². The first-order valence-electron chi connectivity index (χ1n) is 18.1. The number of furan rings is 1. The summed E-state index contributed by atoms with van der Waals surface area (Å²) < 4.78 is 24.3. The van der Waals surface area contributed by atoms with E-state index in [1.165, 1.54) is 0 Å². The molecule has 0 bridgehead atoms. The fourth-order valence-electron chi connectivity index (χ4n) is 8.55. The molecule has 0 unspecified atom stereocenters. The summed E-state index contributed by atoms with van der Waals surface area (Å²) in [5.74, 6) is -2.24. The number of aliphatic hydroxyl groups is 1. The number of allylic oxidation sites excluding steroid dienone is 1. The first-order valence-corrected chi connectivity index (χ1v) is 20.0.